The summed E-state index contributed by atoms with van der Waals surface area (Å²) in [5.41, 5.74) is 1.07. The number of hydrogen-bond donors (Lipinski definition) is 1. The van der Waals surface area contributed by atoms with E-state index in [1.165, 1.54) is 4.88 Å². The Bertz CT molecular complexity index is 291. The molecule has 0 spiro atoms. The summed E-state index contributed by atoms with van der Waals surface area (Å²) in [5.74, 6) is 0.0492. The van der Waals surface area contributed by atoms with Gasteiger partial charge in [0.05, 0.1) is 4.88 Å². The monoisotopic (exact) mass is 213 g/mol. The van der Waals surface area contributed by atoms with Gasteiger partial charge in [0.1, 0.15) is 0 Å². The maximum atomic E-state index is 11.4. The molecule has 0 aliphatic heterocycles. The van der Waals surface area contributed by atoms with Crippen molar-refractivity contribution in [2.45, 2.75) is 34.6 Å². The quantitative estimate of drug-likeness (QED) is 0.803. The molecule has 80 valence electrons. The van der Waals surface area contributed by atoms with Crippen molar-refractivity contribution in [3.63, 3.8) is 0 Å². The van der Waals surface area contributed by atoms with Crippen molar-refractivity contribution in [3.05, 3.63) is 21.4 Å². The lowest BCUT2D eigenvalue weighted by Gasteiger charge is -1.98. The minimum atomic E-state index is 0.0492. The van der Waals surface area contributed by atoms with E-state index < -0.39 is 0 Å². The number of hydrogen-bond acceptors (Lipinski definition) is 2. The molecule has 0 fully saturated rings. The highest BCUT2D eigenvalue weighted by Gasteiger charge is 2.10. The van der Waals surface area contributed by atoms with Crippen LogP contribution in [0.4, 0.5) is 0 Å². The topological polar surface area (TPSA) is 29.1 Å². The summed E-state index contributed by atoms with van der Waals surface area (Å²) in [4.78, 5) is 13.4. The Morgan fingerprint density at radius 2 is 2.00 bits per heavy atom. The van der Waals surface area contributed by atoms with Crippen LogP contribution in [0.5, 0.6) is 0 Å². The number of nitrogens with one attached hydrogen (secondary N) is 1. The van der Waals surface area contributed by atoms with Crippen LogP contribution in [0, 0.1) is 13.8 Å². The molecule has 1 heterocycles. The van der Waals surface area contributed by atoms with Gasteiger partial charge in [-0.05, 0) is 32.4 Å². The molecule has 1 aromatic rings. The molecule has 0 radical (unpaired) electrons. The van der Waals surface area contributed by atoms with Gasteiger partial charge in [-0.25, -0.2) is 0 Å². The number of thiophene rings is 1. The third-order valence-electron chi connectivity index (χ3n) is 1.58. The van der Waals surface area contributed by atoms with E-state index in [-0.39, 0.29) is 5.91 Å². The molecule has 1 aromatic heterocycles. The molecular formula is C11H19NOS. The largest absolute Gasteiger partial charge is 0.352 e. The van der Waals surface area contributed by atoms with E-state index in [4.69, 9.17) is 0 Å². The highest BCUT2D eigenvalue weighted by atomic mass is 32.1. The van der Waals surface area contributed by atoms with Gasteiger partial charge in [-0.15, -0.1) is 11.3 Å². The highest BCUT2D eigenvalue weighted by Crippen LogP contribution is 2.20. The maximum Gasteiger partial charge on any atom is 0.261 e. The predicted octanol–water partition coefficient (Wildman–Crippen LogP) is 3.14. The Hall–Kier alpha value is -0.830. The molecule has 0 unspecified atom stereocenters. The molecule has 0 saturated heterocycles. The lowest BCUT2D eigenvalue weighted by Crippen LogP contribution is -2.22. The van der Waals surface area contributed by atoms with Gasteiger partial charge in [0.25, 0.3) is 5.91 Å². The number of carbonyl (C=O) groups is 1. The molecule has 1 amide bonds. The summed E-state index contributed by atoms with van der Waals surface area (Å²) in [6, 6.07) is 2.04. The van der Waals surface area contributed by atoms with Crippen LogP contribution >= 0.6 is 11.3 Å². The molecule has 0 atom stereocenters. The fraction of sp³-hybridized carbons (Fsp3) is 0.545. The summed E-state index contributed by atoms with van der Waals surface area (Å²) >= 11 is 1.55. The second kappa shape index (κ2) is 6.60. The van der Waals surface area contributed by atoms with Crippen molar-refractivity contribution in [3.8, 4) is 0 Å². The molecule has 0 saturated carbocycles. The summed E-state index contributed by atoms with van der Waals surface area (Å²) < 4.78 is 0. The number of carbonyl (C=O) groups excluding carboxylic acids is 1. The van der Waals surface area contributed by atoms with E-state index in [1.807, 2.05) is 40.7 Å². The molecule has 14 heavy (non-hydrogen) atoms. The van der Waals surface area contributed by atoms with E-state index in [2.05, 4.69) is 5.32 Å². The summed E-state index contributed by atoms with van der Waals surface area (Å²) in [7, 11) is 0. The van der Waals surface area contributed by atoms with Crippen LogP contribution in [0.1, 0.15) is 40.9 Å². The van der Waals surface area contributed by atoms with Crippen LogP contribution in [-0.4, -0.2) is 12.5 Å². The van der Waals surface area contributed by atoms with Gasteiger partial charge in [-0.2, -0.15) is 0 Å². The van der Waals surface area contributed by atoms with Crippen LogP contribution in [-0.2, 0) is 0 Å². The first-order valence-electron chi connectivity index (χ1n) is 5.00. The van der Waals surface area contributed by atoms with Crippen LogP contribution in [0.15, 0.2) is 6.07 Å². The minimum Gasteiger partial charge on any atom is -0.352 e. The molecule has 2 nitrogen and oxygen atoms in total. The summed E-state index contributed by atoms with van der Waals surface area (Å²) in [6.07, 6.45) is 0. The maximum absolute atomic E-state index is 11.4. The highest BCUT2D eigenvalue weighted by molar-refractivity contribution is 7.14. The summed E-state index contributed by atoms with van der Waals surface area (Å²) in [6.45, 7) is 10.6. The third kappa shape index (κ3) is 3.50. The molecule has 0 aromatic carbocycles. The Morgan fingerprint density at radius 3 is 2.36 bits per heavy atom. The zero-order valence-electron chi connectivity index (χ0n) is 9.60. The zero-order valence-corrected chi connectivity index (χ0v) is 10.4. The second-order valence-corrected chi connectivity index (χ2v) is 3.98. The number of aryl methyl sites for hydroxylation is 2. The van der Waals surface area contributed by atoms with Crippen molar-refractivity contribution in [1.29, 1.82) is 0 Å². The Balaban J connectivity index is 0.000000791. The van der Waals surface area contributed by atoms with Crippen molar-refractivity contribution >= 4 is 17.2 Å². The van der Waals surface area contributed by atoms with E-state index in [0.717, 1.165) is 10.4 Å². The van der Waals surface area contributed by atoms with Crippen LogP contribution < -0.4 is 5.32 Å². The Morgan fingerprint density at radius 1 is 1.43 bits per heavy atom. The lowest BCUT2D eigenvalue weighted by molar-refractivity contribution is 0.0959. The molecule has 0 bridgehead atoms. The van der Waals surface area contributed by atoms with Crippen LogP contribution in [0.2, 0.25) is 0 Å². The molecule has 0 aliphatic carbocycles. The SMILES string of the molecule is CC.CCNC(=O)c1sc(C)cc1C. The third-order valence-corrected chi connectivity index (χ3v) is 2.74. The molecule has 0 aliphatic rings. The van der Waals surface area contributed by atoms with Gasteiger partial charge >= 0.3 is 0 Å². The normalized spacial score (nSPS) is 8.93. The second-order valence-electron chi connectivity index (χ2n) is 2.73. The zero-order chi connectivity index (χ0) is 11.1. The van der Waals surface area contributed by atoms with Crippen molar-refractivity contribution in [2.75, 3.05) is 6.54 Å². The minimum absolute atomic E-state index is 0.0492. The molecular weight excluding hydrogens is 194 g/mol. The lowest BCUT2D eigenvalue weighted by atomic mass is 10.2. The predicted molar refractivity (Wildman–Crippen MR) is 63.1 cm³/mol. The number of rotatable bonds is 2. The van der Waals surface area contributed by atoms with Gasteiger partial charge in [0.15, 0.2) is 0 Å². The van der Waals surface area contributed by atoms with E-state index in [0.29, 0.717) is 6.54 Å². The molecule has 1 rings (SSSR count). The van der Waals surface area contributed by atoms with Gasteiger partial charge in [0.2, 0.25) is 0 Å². The smallest absolute Gasteiger partial charge is 0.261 e. The van der Waals surface area contributed by atoms with Crippen LogP contribution in [0.25, 0.3) is 0 Å². The standard InChI is InChI=1S/C9H13NOS.C2H6/c1-4-10-9(11)8-6(2)5-7(3)12-8;1-2/h5H,4H2,1-3H3,(H,10,11);1-2H3. The first-order chi connectivity index (χ1) is 6.65. The summed E-state index contributed by atoms with van der Waals surface area (Å²) in [5, 5.41) is 2.79. The van der Waals surface area contributed by atoms with Gasteiger partial charge in [-0.3, -0.25) is 4.79 Å². The van der Waals surface area contributed by atoms with E-state index in [1.54, 1.807) is 11.3 Å². The number of amides is 1. The Labute approximate surface area is 90.3 Å². The molecule has 1 N–H and O–H groups in total. The first-order valence-corrected chi connectivity index (χ1v) is 5.82. The average molecular weight is 213 g/mol. The Kier molecular flexibility index (Phi) is 6.21. The fourth-order valence-corrected chi connectivity index (χ4v) is 2.05. The fourth-order valence-electron chi connectivity index (χ4n) is 1.11. The van der Waals surface area contributed by atoms with Gasteiger partial charge < -0.3 is 5.32 Å². The van der Waals surface area contributed by atoms with Crippen LogP contribution in [0.3, 0.4) is 0 Å². The van der Waals surface area contributed by atoms with Crippen molar-refractivity contribution < 1.29 is 4.79 Å². The molecule has 3 heteroatoms. The van der Waals surface area contributed by atoms with Crippen molar-refractivity contribution in [2.24, 2.45) is 0 Å². The van der Waals surface area contributed by atoms with Crippen molar-refractivity contribution in [1.82, 2.24) is 5.32 Å². The first kappa shape index (κ1) is 13.2. The van der Waals surface area contributed by atoms with E-state index in [9.17, 15) is 4.79 Å². The van der Waals surface area contributed by atoms with Gasteiger partial charge in [-0.1, -0.05) is 13.8 Å². The van der Waals surface area contributed by atoms with Gasteiger partial charge in [0, 0.05) is 11.4 Å². The average Bonchev–Trinajstić information content (AvgIpc) is 2.49. The van der Waals surface area contributed by atoms with E-state index >= 15 is 0 Å².